The molecule has 0 unspecified atom stereocenters. The van der Waals surface area contributed by atoms with Crippen molar-refractivity contribution in [2.75, 3.05) is 6.54 Å². The van der Waals surface area contributed by atoms with Gasteiger partial charge in [0.25, 0.3) is 0 Å². The summed E-state index contributed by atoms with van der Waals surface area (Å²) in [6.07, 6.45) is 0. The van der Waals surface area contributed by atoms with E-state index in [0.29, 0.717) is 12.1 Å². The molecule has 0 heterocycles. The summed E-state index contributed by atoms with van der Waals surface area (Å²) in [7, 11) is -4.40. The van der Waals surface area contributed by atoms with Crippen LogP contribution < -0.4 is 10.5 Å². The molecule has 1 aromatic rings. The highest BCUT2D eigenvalue weighted by atomic mass is 32.2. The molecule has 4 nitrogen and oxygen atoms in total. The van der Waals surface area contributed by atoms with Crippen LogP contribution >= 0.6 is 0 Å². The van der Waals surface area contributed by atoms with Gasteiger partial charge in [0.05, 0.1) is 0 Å². The summed E-state index contributed by atoms with van der Waals surface area (Å²) in [5.74, 6) is -4.16. The van der Waals surface area contributed by atoms with Gasteiger partial charge in [-0.3, -0.25) is 0 Å². The van der Waals surface area contributed by atoms with Crippen LogP contribution in [-0.2, 0) is 10.0 Å². The molecule has 1 rings (SSSR count). The summed E-state index contributed by atoms with van der Waals surface area (Å²) in [6, 6.07) is -0.0981. The van der Waals surface area contributed by atoms with Crippen LogP contribution in [0.1, 0.15) is 6.92 Å². The van der Waals surface area contributed by atoms with E-state index >= 15 is 0 Å². The Morgan fingerprint density at radius 1 is 1.29 bits per heavy atom. The molecule has 0 spiro atoms. The first kappa shape index (κ1) is 13.9. The maximum absolute atomic E-state index is 13.2. The predicted octanol–water partition coefficient (Wildman–Crippen LogP) is 0.729. The Bertz CT molecular complexity index is 496. The van der Waals surface area contributed by atoms with Gasteiger partial charge in [-0.2, -0.15) is 0 Å². The average molecular weight is 268 g/mol. The third-order valence-electron chi connectivity index (χ3n) is 1.94. The second-order valence-electron chi connectivity index (χ2n) is 3.46. The van der Waals surface area contributed by atoms with Crippen molar-refractivity contribution in [1.82, 2.24) is 4.72 Å². The Morgan fingerprint density at radius 3 is 2.18 bits per heavy atom. The molecule has 17 heavy (non-hydrogen) atoms. The molecule has 0 bridgehead atoms. The predicted molar refractivity (Wildman–Crippen MR) is 55.2 cm³/mol. The molecular formula is C9H11F3N2O2S. The molecule has 0 amide bonds. The van der Waals surface area contributed by atoms with Crippen LogP contribution in [0, 0.1) is 17.5 Å². The zero-order chi connectivity index (χ0) is 13.2. The highest BCUT2D eigenvalue weighted by molar-refractivity contribution is 7.89. The van der Waals surface area contributed by atoms with Gasteiger partial charge in [0.2, 0.25) is 10.0 Å². The van der Waals surface area contributed by atoms with Gasteiger partial charge in [-0.15, -0.1) is 0 Å². The van der Waals surface area contributed by atoms with Crippen molar-refractivity contribution in [1.29, 1.82) is 0 Å². The van der Waals surface area contributed by atoms with Crippen LogP contribution in [0.15, 0.2) is 17.0 Å². The van der Waals surface area contributed by atoms with Gasteiger partial charge in [-0.05, 0) is 6.92 Å². The SMILES string of the molecule is C[C@@H](CN)NS(=O)(=O)c1c(F)cc(F)cc1F. The number of nitrogens with two attached hydrogens (primary N) is 1. The second-order valence-corrected chi connectivity index (χ2v) is 5.11. The third-order valence-corrected chi connectivity index (χ3v) is 3.58. The Labute approximate surface area is 96.7 Å². The van der Waals surface area contributed by atoms with Crippen LogP contribution in [0.3, 0.4) is 0 Å². The number of hydrogen-bond donors (Lipinski definition) is 2. The number of sulfonamides is 1. The third kappa shape index (κ3) is 3.18. The summed E-state index contributed by atoms with van der Waals surface area (Å²) in [5, 5.41) is 0. The molecule has 1 aromatic carbocycles. The monoisotopic (exact) mass is 268 g/mol. The largest absolute Gasteiger partial charge is 0.329 e. The molecule has 0 aliphatic rings. The minimum absolute atomic E-state index is 0.0380. The van der Waals surface area contributed by atoms with E-state index in [4.69, 9.17) is 5.73 Å². The number of rotatable bonds is 4. The molecule has 0 aromatic heterocycles. The quantitative estimate of drug-likeness (QED) is 0.845. The fourth-order valence-corrected chi connectivity index (χ4v) is 2.53. The lowest BCUT2D eigenvalue weighted by Gasteiger charge is -2.13. The van der Waals surface area contributed by atoms with E-state index in [1.165, 1.54) is 6.92 Å². The van der Waals surface area contributed by atoms with Crippen molar-refractivity contribution >= 4 is 10.0 Å². The van der Waals surface area contributed by atoms with E-state index in [-0.39, 0.29) is 6.54 Å². The van der Waals surface area contributed by atoms with Gasteiger partial charge in [0.15, 0.2) is 4.90 Å². The normalized spacial score (nSPS) is 13.7. The minimum Gasteiger partial charge on any atom is -0.329 e. The molecule has 0 fully saturated rings. The lowest BCUT2D eigenvalue weighted by Crippen LogP contribution is -2.38. The van der Waals surface area contributed by atoms with Crippen molar-refractivity contribution < 1.29 is 21.6 Å². The molecule has 3 N–H and O–H groups in total. The van der Waals surface area contributed by atoms with Crippen LogP contribution in [-0.4, -0.2) is 21.0 Å². The van der Waals surface area contributed by atoms with E-state index in [9.17, 15) is 21.6 Å². The van der Waals surface area contributed by atoms with Crippen LogP contribution in [0.2, 0.25) is 0 Å². The molecule has 0 aliphatic heterocycles. The Hall–Kier alpha value is -1.12. The Morgan fingerprint density at radius 2 is 1.76 bits per heavy atom. The Balaban J connectivity index is 3.25. The number of benzene rings is 1. The molecule has 96 valence electrons. The van der Waals surface area contributed by atoms with Crippen LogP contribution in [0.5, 0.6) is 0 Å². The minimum atomic E-state index is -4.40. The van der Waals surface area contributed by atoms with Crippen molar-refractivity contribution in [3.8, 4) is 0 Å². The van der Waals surface area contributed by atoms with E-state index in [0.717, 1.165) is 0 Å². The standard InChI is InChI=1S/C9H11F3N2O2S/c1-5(4-13)14-17(15,16)9-7(11)2-6(10)3-8(9)12/h2-3,5,14H,4,13H2,1H3/t5-/m0/s1. The number of nitrogens with one attached hydrogen (secondary N) is 1. The van der Waals surface area contributed by atoms with Crippen LogP contribution in [0.25, 0.3) is 0 Å². The van der Waals surface area contributed by atoms with Crippen LogP contribution in [0.4, 0.5) is 13.2 Å². The van der Waals surface area contributed by atoms with Gasteiger partial charge < -0.3 is 5.73 Å². The fourth-order valence-electron chi connectivity index (χ4n) is 1.16. The summed E-state index contributed by atoms with van der Waals surface area (Å²) in [5.41, 5.74) is 5.18. The fraction of sp³-hybridized carbons (Fsp3) is 0.333. The maximum atomic E-state index is 13.2. The van der Waals surface area contributed by atoms with E-state index in [2.05, 4.69) is 0 Å². The molecule has 1 atom stereocenters. The Kier molecular flexibility index (Phi) is 4.12. The first-order valence-electron chi connectivity index (χ1n) is 4.65. The van der Waals surface area contributed by atoms with Crippen molar-refractivity contribution in [3.05, 3.63) is 29.6 Å². The first-order valence-corrected chi connectivity index (χ1v) is 6.13. The zero-order valence-electron chi connectivity index (χ0n) is 8.88. The first-order chi connectivity index (χ1) is 7.77. The summed E-state index contributed by atoms with van der Waals surface area (Å²) in [4.78, 5) is -1.21. The molecule has 0 saturated carbocycles. The van der Waals surface area contributed by atoms with Gasteiger partial charge >= 0.3 is 0 Å². The highest BCUT2D eigenvalue weighted by Crippen LogP contribution is 2.20. The van der Waals surface area contributed by atoms with Crippen molar-refractivity contribution in [2.45, 2.75) is 17.9 Å². The second kappa shape index (κ2) is 5.03. The molecule has 0 saturated heterocycles. The summed E-state index contributed by atoms with van der Waals surface area (Å²) in [6.45, 7) is 1.39. The maximum Gasteiger partial charge on any atom is 0.246 e. The van der Waals surface area contributed by atoms with Gasteiger partial charge in [0, 0.05) is 24.7 Å². The van der Waals surface area contributed by atoms with E-state index < -0.39 is 38.4 Å². The number of hydrogen-bond acceptors (Lipinski definition) is 3. The van der Waals surface area contributed by atoms with Crippen molar-refractivity contribution in [2.24, 2.45) is 5.73 Å². The molecule has 0 aliphatic carbocycles. The molecular weight excluding hydrogens is 257 g/mol. The summed E-state index contributed by atoms with van der Waals surface area (Å²) < 4.78 is 64.2. The molecule has 8 heteroatoms. The average Bonchev–Trinajstić information content (AvgIpc) is 2.14. The smallest absolute Gasteiger partial charge is 0.246 e. The zero-order valence-corrected chi connectivity index (χ0v) is 9.69. The topological polar surface area (TPSA) is 72.2 Å². The van der Waals surface area contributed by atoms with E-state index in [1.54, 1.807) is 0 Å². The molecule has 0 radical (unpaired) electrons. The summed E-state index contributed by atoms with van der Waals surface area (Å²) >= 11 is 0. The van der Waals surface area contributed by atoms with Gasteiger partial charge in [-0.1, -0.05) is 0 Å². The van der Waals surface area contributed by atoms with Crippen molar-refractivity contribution in [3.63, 3.8) is 0 Å². The van der Waals surface area contributed by atoms with E-state index in [1.807, 2.05) is 4.72 Å². The highest BCUT2D eigenvalue weighted by Gasteiger charge is 2.26. The lowest BCUT2D eigenvalue weighted by molar-refractivity contribution is 0.490. The lowest BCUT2D eigenvalue weighted by atomic mass is 10.3. The van der Waals surface area contributed by atoms with Gasteiger partial charge in [-0.25, -0.2) is 26.3 Å². The van der Waals surface area contributed by atoms with Gasteiger partial charge in [0.1, 0.15) is 17.5 Å². The number of halogens is 3.